The summed E-state index contributed by atoms with van der Waals surface area (Å²) in [6, 6.07) is 38.1. The molecule has 14 heteroatoms. The van der Waals surface area contributed by atoms with Gasteiger partial charge in [0.25, 0.3) is 0 Å². The van der Waals surface area contributed by atoms with Gasteiger partial charge in [-0.05, 0) is 191 Å². The molecule has 0 saturated heterocycles. The molecule has 7 saturated carbocycles. The van der Waals surface area contributed by atoms with E-state index in [0.29, 0.717) is 47.3 Å². The molecule has 19 rings (SSSR count). The molecule has 14 atom stereocenters. The Morgan fingerprint density at radius 2 is 0.520 bits per heavy atom. The minimum Gasteiger partial charge on any atom is -0.392 e. The lowest BCUT2D eigenvalue weighted by atomic mass is 9.61. The van der Waals surface area contributed by atoms with E-state index in [1.54, 1.807) is 0 Å². The number of hydrogen-bond acceptors (Lipinski definition) is 14. The first-order valence-corrected chi connectivity index (χ1v) is 37.6. The third kappa shape index (κ3) is 9.03. The zero-order valence-electron chi connectivity index (χ0n) is 58.0. The second-order valence-electron chi connectivity index (χ2n) is 34.8. The second kappa shape index (κ2) is 21.6. The van der Waals surface area contributed by atoms with Gasteiger partial charge in [-0.25, -0.2) is 0 Å². The van der Waals surface area contributed by atoms with Crippen molar-refractivity contribution in [2.75, 3.05) is 42.5 Å². The largest absolute Gasteiger partial charge is 0.392 e. The molecular weight excluding hydrogens is 1220 g/mol. The number of ketones is 1. The van der Waals surface area contributed by atoms with Crippen LogP contribution >= 0.6 is 0 Å². The summed E-state index contributed by atoms with van der Waals surface area (Å²) >= 11 is 0. The Bertz CT molecular complexity index is 4340. The van der Waals surface area contributed by atoms with Gasteiger partial charge in [-0.3, -0.25) is 4.79 Å². The summed E-state index contributed by atoms with van der Waals surface area (Å²) in [5, 5.41) is 105. The van der Waals surface area contributed by atoms with E-state index in [2.05, 4.69) is 207 Å². The lowest BCUT2D eigenvalue weighted by Gasteiger charge is -2.53. The SMILES string of the molecule is CC1CC(C)CC2(C1)Nc1cccc3ccc(C4C(O)C(c5ccc6ccc(C7C(=O)C(c8ccc9ccc(C%10C(O)C(c%11ccc%12cccc%13c%12c%11NC%11(CC(C)CC(C)C%11)N%13)C%10O)c%10c9c8NC8(CC(C)CC(C)C8)N%10)C7O)c7c6c5NC5(CC(C)CC(C)C5)N7)C4O)c(c13)N2. The van der Waals surface area contributed by atoms with E-state index in [1.807, 2.05) is 0 Å². The quantitative estimate of drug-likeness (QED) is 0.0746. The van der Waals surface area contributed by atoms with E-state index >= 15 is 4.79 Å². The van der Waals surface area contributed by atoms with Crippen molar-refractivity contribution in [3.8, 4) is 0 Å². The molecule has 14 unspecified atom stereocenters. The van der Waals surface area contributed by atoms with Crippen LogP contribution in [0.25, 0.3) is 43.1 Å². The summed E-state index contributed by atoms with van der Waals surface area (Å²) in [7, 11) is 0. The van der Waals surface area contributed by atoms with E-state index in [0.717, 1.165) is 186 Å². The highest BCUT2D eigenvalue weighted by atomic mass is 16.3. The molecule has 14 nitrogen and oxygen atoms in total. The van der Waals surface area contributed by atoms with Gasteiger partial charge in [-0.15, -0.1) is 0 Å². The van der Waals surface area contributed by atoms with Crippen LogP contribution in [0.4, 0.5) is 45.5 Å². The Balaban J connectivity index is 0.679. The van der Waals surface area contributed by atoms with Crippen molar-refractivity contribution >= 4 is 94.4 Å². The third-order valence-corrected chi connectivity index (χ3v) is 26.7. The van der Waals surface area contributed by atoms with Crippen molar-refractivity contribution in [2.45, 2.75) is 221 Å². The summed E-state index contributed by atoms with van der Waals surface area (Å²) in [4.78, 5) is 15.9. The maximum Gasteiger partial charge on any atom is 0.153 e. The number of anilines is 8. The minimum absolute atomic E-state index is 0.0468. The number of rotatable bonds is 6. The first-order valence-electron chi connectivity index (χ1n) is 37.6. The van der Waals surface area contributed by atoms with E-state index in [1.165, 1.54) is 12.8 Å². The van der Waals surface area contributed by atoms with Crippen LogP contribution in [0.15, 0.2) is 109 Å². The first kappa shape index (κ1) is 61.7. The molecule has 98 heavy (non-hydrogen) atoms. The molecule has 13 N–H and O–H groups in total. The predicted molar refractivity (Wildman–Crippen MR) is 396 cm³/mol. The van der Waals surface area contributed by atoms with Crippen molar-refractivity contribution in [2.24, 2.45) is 47.3 Å². The number of carbonyl (C=O) groups is 1. The first-order chi connectivity index (χ1) is 47.1. The normalized spacial score (nSPS) is 39.3. The van der Waals surface area contributed by atoms with E-state index in [-0.39, 0.29) is 17.1 Å². The van der Waals surface area contributed by atoms with Crippen LogP contribution in [0.1, 0.15) is 201 Å². The van der Waals surface area contributed by atoms with Crippen LogP contribution in [0.5, 0.6) is 0 Å². The van der Waals surface area contributed by atoms with Gasteiger partial charge in [0.2, 0.25) is 0 Å². The summed E-state index contributed by atoms with van der Waals surface area (Å²) in [6.07, 6.45) is 7.07. The van der Waals surface area contributed by atoms with Crippen LogP contribution < -0.4 is 42.5 Å². The average molecular weight is 1320 g/mol. The van der Waals surface area contributed by atoms with Crippen LogP contribution in [0, 0.1) is 47.3 Å². The molecule has 0 aromatic heterocycles. The van der Waals surface area contributed by atoms with Gasteiger partial charge in [0.1, 0.15) is 22.7 Å². The van der Waals surface area contributed by atoms with Gasteiger partial charge in [-0.2, -0.15) is 0 Å². The molecule has 8 aromatic carbocycles. The fourth-order valence-electron chi connectivity index (χ4n) is 23.9. The number of Topliss-reactive ketones (excluding diaryl/α,β-unsaturated/α-hetero) is 1. The lowest BCUT2D eigenvalue weighted by Crippen LogP contribution is -2.56. The molecule has 510 valence electrons. The van der Waals surface area contributed by atoms with Crippen molar-refractivity contribution in [1.29, 1.82) is 0 Å². The van der Waals surface area contributed by atoms with Crippen molar-refractivity contribution in [3.05, 3.63) is 143 Å². The summed E-state index contributed by atoms with van der Waals surface area (Å²) in [6.45, 7) is 18.7. The van der Waals surface area contributed by atoms with Crippen molar-refractivity contribution in [3.63, 3.8) is 0 Å². The average Bonchev–Trinajstić information content (AvgIpc) is 0.705. The number of hydrogen-bond donors (Lipinski definition) is 13. The maximum atomic E-state index is 15.9. The predicted octanol–water partition coefficient (Wildman–Crippen LogP) is 16.3. The molecule has 7 aliphatic carbocycles. The highest BCUT2D eigenvalue weighted by molar-refractivity contribution is 6.14. The van der Waals surface area contributed by atoms with Crippen LogP contribution in [0.2, 0.25) is 0 Å². The highest BCUT2D eigenvalue weighted by Crippen LogP contribution is 2.63. The fraction of sp³-hybridized carbons (Fsp3) is 0.512. The molecule has 4 spiro atoms. The molecule has 4 heterocycles. The molecule has 8 aromatic rings. The smallest absolute Gasteiger partial charge is 0.153 e. The van der Waals surface area contributed by atoms with Gasteiger partial charge < -0.3 is 68.1 Å². The molecule has 7 fully saturated rings. The molecule has 0 bridgehead atoms. The van der Waals surface area contributed by atoms with Gasteiger partial charge in [0, 0.05) is 90.7 Å². The second-order valence-corrected chi connectivity index (χ2v) is 34.8. The van der Waals surface area contributed by atoms with Crippen LogP contribution in [-0.4, -0.2) is 84.5 Å². The Labute approximate surface area is 575 Å². The zero-order chi connectivity index (χ0) is 67.1. The van der Waals surface area contributed by atoms with Gasteiger partial charge in [0.05, 0.1) is 42.4 Å². The van der Waals surface area contributed by atoms with Crippen LogP contribution in [0.3, 0.4) is 0 Å². The fourth-order valence-corrected chi connectivity index (χ4v) is 23.9. The van der Waals surface area contributed by atoms with Gasteiger partial charge >= 0.3 is 0 Å². The summed E-state index contributed by atoms with van der Waals surface area (Å²) in [5.74, 6) is -0.374. The molecule has 0 amide bonds. The Hall–Kier alpha value is -7.33. The third-order valence-electron chi connectivity index (χ3n) is 26.7. The Morgan fingerprint density at radius 1 is 0.286 bits per heavy atom. The summed E-state index contributed by atoms with van der Waals surface area (Å²) in [5.41, 5.74) is 10.9. The van der Waals surface area contributed by atoms with Crippen molar-refractivity contribution < 1.29 is 30.3 Å². The van der Waals surface area contributed by atoms with Gasteiger partial charge in [0.15, 0.2) is 5.78 Å². The van der Waals surface area contributed by atoms with E-state index in [4.69, 9.17) is 0 Å². The molecule has 4 aliphatic heterocycles. The minimum atomic E-state index is -1.07. The van der Waals surface area contributed by atoms with E-state index in [9.17, 15) is 25.5 Å². The number of aliphatic hydroxyl groups excluding tert-OH is 5. The highest BCUT2D eigenvalue weighted by Gasteiger charge is 2.59. The maximum absolute atomic E-state index is 15.9. The lowest BCUT2D eigenvalue weighted by molar-refractivity contribution is -0.137. The Morgan fingerprint density at radius 3 is 0.796 bits per heavy atom. The number of aliphatic hydroxyl groups is 5. The standard InChI is InChI=1S/C84H98N8O6/c1-39-27-40(2)32-81(31-39)85-57-13-9-11-47-15-21-51(69(87-81)59(47)57)63-75(93)65(76(63)94)53-23-17-49-19-25-55(73-61(49)71(53)89-83(91-73)35-43(5)29-44(6)36-83)67-79(97)68(80(67)98)56-26-20-50-18-24-54(72-62(50)74(56)92-84(90-72)37-45(7)30-46(8)38-84)66-77(95)64(78(66)96)52-22-16-48-12-10-14-58-60(48)70(52)88-82(86-58)33-41(3)28-42(4)34-82/h9-26,39-46,63-68,75-79,85-97H,27-38H2,1-8H3. The summed E-state index contributed by atoms with van der Waals surface area (Å²) < 4.78 is 0. The molecular formula is C84H98N8O6. The Kier molecular flexibility index (Phi) is 13.6. The zero-order valence-corrected chi connectivity index (χ0v) is 58.0. The topological polar surface area (TPSA) is 214 Å². The monoisotopic (exact) mass is 1310 g/mol. The molecule has 11 aliphatic rings. The van der Waals surface area contributed by atoms with Crippen LogP contribution in [-0.2, 0) is 4.79 Å². The molecule has 0 radical (unpaired) electrons. The van der Waals surface area contributed by atoms with Gasteiger partial charge in [-0.1, -0.05) is 152 Å². The number of benzene rings is 8. The van der Waals surface area contributed by atoms with Crippen molar-refractivity contribution in [1.82, 2.24) is 0 Å². The number of carbonyl (C=O) groups excluding carboxylic acids is 1. The number of nitrogens with one attached hydrogen (secondary N) is 8. The van der Waals surface area contributed by atoms with E-state index < -0.39 is 77.4 Å².